The van der Waals surface area contributed by atoms with Gasteiger partial charge in [0.15, 0.2) is 16.6 Å². The Kier molecular flexibility index (Phi) is 4.52. The third-order valence-corrected chi connectivity index (χ3v) is 3.98. The molecule has 2 aromatic carbocycles. The van der Waals surface area contributed by atoms with Crippen molar-refractivity contribution in [2.24, 2.45) is 0 Å². The SMILES string of the molecule is Cc1cccc(NC(=S)NNC(=O)c2ccc3c(c2)OCO3)c1C. The van der Waals surface area contributed by atoms with E-state index in [9.17, 15) is 4.79 Å². The second-order valence-electron chi connectivity index (χ2n) is 5.35. The summed E-state index contributed by atoms with van der Waals surface area (Å²) in [6.45, 7) is 4.20. The van der Waals surface area contributed by atoms with E-state index in [1.54, 1.807) is 18.2 Å². The molecule has 124 valence electrons. The van der Waals surface area contributed by atoms with Crippen molar-refractivity contribution in [1.29, 1.82) is 0 Å². The molecule has 1 aliphatic heterocycles. The van der Waals surface area contributed by atoms with E-state index in [1.165, 1.54) is 0 Å². The Morgan fingerprint density at radius 3 is 2.71 bits per heavy atom. The second-order valence-corrected chi connectivity index (χ2v) is 5.76. The fourth-order valence-electron chi connectivity index (χ4n) is 2.26. The Labute approximate surface area is 145 Å². The lowest BCUT2D eigenvalue weighted by Crippen LogP contribution is -2.43. The van der Waals surface area contributed by atoms with Crippen LogP contribution in [0.5, 0.6) is 11.5 Å². The van der Waals surface area contributed by atoms with Gasteiger partial charge in [-0.05, 0) is 61.5 Å². The van der Waals surface area contributed by atoms with Crippen LogP contribution in [-0.2, 0) is 0 Å². The van der Waals surface area contributed by atoms with Crippen LogP contribution in [0.3, 0.4) is 0 Å². The number of nitrogens with one attached hydrogen (secondary N) is 3. The van der Waals surface area contributed by atoms with Crippen LogP contribution in [0.4, 0.5) is 5.69 Å². The van der Waals surface area contributed by atoms with E-state index in [-0.39, 0.29) is 12.7 Å². The number of amides is 1. The highest BCUT2D eigenvalue weighted by atomic mass is 32.1. The molecule has 1 heterocycles. The van der Waals surface area contributed by atoms with Gasteiger partial charge in [-0.25, -0.2) is 0 Å². The second kappa shape index (κ2) is 6.76. The molecule has 24 heavy (non-hydrogen) atoms. The Hall–Kier alpha value is -2.80. The topological polar surface area (TPSA) is 71.6 Å². The fraction of sp³-hybridized carbons (Fsp3) is 0.176. The number of ether oxygens (including phenoxy) is 2. The van der Waals surface area contributed by atoms with Crippen LogP contribution in [-0.4, -0.2) is 17.8 Å². The number of hydrogen-bond acceptors (Lipinski definition) is 4. The van der Waals surface area contributed by atoms with Crippen molar-refractivity contribution in [3.8, 4) is 11.5 Å². The first-order valence-corrected chi connectivity index (χ1v) is 7.78. The van der Waals surface area contributed by atoms with Gasteiger partial charge in [-0.3, -0.25) is 15.6 Å². The highest BCUT2D eigenvalue weighted by molar-refractivity contribution is 7.80. The van der Waals surface area contributed by atoms with E-state index >= 15 is 0 Å². The van der Waals surface area contributed by atoms with Crippen molar-refractivity contribution in [2.45, 2.75) is 13.8 Å². The molecule has 6 nitrogen and oxygen atoms in total. The summed E-state index contributed by atoms with van der Waals surface area (Å²) in [6.07, 6.45) is 0. The summed E-state index contributed by atoms with van der Waals surface area (Å²) in [5, 5.41) is 3.36. The molecule has 3 rings (SSSR count). The molecule has 3 N–H and O–H groups in total. The van der Waals surface area contributed by atoms with Gasteiger partial charge < -0.3 is 14.8 Å². The molecule has 0 fully saturated rings. The van der Waals surface area contributed by atoms with Gasteiger partial charge in [0.2, 0.25) is 6.79 Å². The number of rotatable bonds is 2. The standard InChI is InChI=1S/C17H17N3O3S/c1-10-4-3-5-13(11(10)2)18-17(24)20-19-16(21)12-6-7-14-15(8-12)23-9-22-14/h3-8H,9H2,1-2H3,(H,19,21)(H2,18,20,24). The molecule has 0 bridgehead atoms. The molecular weight excluding hydrogens is 326 g/mol. The molecule has 0 aromatic heterocycles. The zero-order valence-corrected chi connectivity index (χ0v) is 14.1. The zero-order valence-electron chi connectivity index (χ0n) is 13.3. The molecule has 0 radical (unpaired) electrons. The summed E-state index contributed by atoms with van der Waals surface area (Å²) < 4.78 is 10.5. The lowest BCUT2D eigenvalue weighted by molar-refractivity contribution is 0.0943. The maximum atomic E-state index is 12.2. The highest BCUT2D eigenvalue weighted by Crippen LogP contribution is 2.32. The summed E-state index contributed by atoms with van der Waals surface area (Å²) in [6, 6.07) is 10.9. The zero-order chi connectivity index (χ0) is 17.1. The van der Waals surface area contributed by atoms with E-state index in [4.69, 9.17) is 21.7 Å². The van der Waals surface area contributed by atoms with Crippen molar-refractivity contribution in [3.63, 3.8) is 0 Å². The van der Waals surface area contributed by atoms with Crippen molar-refractivity contribution in [3.05, 3.63) is 53.1 Å². The molecule has 1 amide bonds. The normalized spacial score (nSPS) is 11.8. The molecule has 2 aromatic rings. The molecule has 0 atom stereocenters. The molecule has 1 aliphatic rings. The predicted molar refractivity (Wildman–Crippen MR) is 95.3 cm³/mol. The summed E-state index contributed by atoms with van der Waals surface area (Å²) >= 11 is 5.21. The van der Waals surface area contributed by atoms with Crippen molar-refractivity contribution < 1.29 is 14.3 Å². The van der Waals surface area contributed by atoms with E-state index in [0.29, 0.717) is 22.2 Å². The lowest BCUT2D eigenvalue weighted by atomic mass is 10.1. The maximum absolute atomic E-state index is 12.2. The van der Waals surface area contributed by atoms with Gasteiger partial charge in [0.1, 0.15) is 0 Å². The van der Waals surface area contributed by atoms with E-state index in [0.717, 1.165) is 16.8 Å². The first kappa shape index (κ1) is 16.1. The minimum atomic E-state index is -0.321. The Morgan fingerprint density at radius 1 is 1.08 bits per heavy atom. The van der Waals surface area contributed by atoms with Crippen LogP contribution in [0.2, 0.25) is 0 Å². The Bertz CT molecular complexity index is 808. The lowest BCUT2D eigenvalue weighted by Gasteiger charge is -2.14. The number of benzene rings is 2. The maximum Gasteiger partial charge on any atom is 0.269 e. The number of hydrogen-bond donors (Lipinski definition) is 3. The van der Waals surface area contributed by atoms with Crippen LogP contribution < -0.4 is 25.6 Å². The monoisotopic (exact) mass is 343 g/mol. The van der Waals surface area contributed by atoms with Gasteiger partial charge in [0.05, 0.1) is 0 Å². The Morgan fingerprint density at radius 2 is 1.88 bits per heavy atom. The third-order valence-electron chi connectivity index (χ3n) is 3.78. The highest BCUT2D eigenvalue weighted by Gasteiger charge is 2.16. The fourth-order valence-corrected chi connectivity index (χ4v) is 2.42. The van der Waals surface area contributed by atoms with Gasteiger partial charge in [-0.1, -0.05) is 12.1 Å². The Balaban J connectivity index is 1.58. The third kappa shape index (κ3) is 3.41. The minimum Gasteiger partial charge on any atom is -0.454 e. The number of carbonyl (C=O) groups excluding carboxylic acids is 1. The summed E-state index contributed by atoms with van der Waals surface area (Å²) in [5.74, 6) is 0.865. The minimum absolute atomic E-state index is 0.169. The molecular formula is C17H17N3O3S. The largest absolute Gasteiger partial charge is 0.454 e. The number of aryl methyl sites for hydroxylation is 1. The first-order valence-electron chi connectivity index (χ1n) is 7.38. The van der Waals surface area contributed by atoms with Crippen molar-refractivity contribution in [2.75, 3.05) is 12.1 Å². The van der Waals surface area contributed by atoms with Gasteiger partial charge in [-0.15, -0.1) is 0 Å². The van der Waals surface area contributed by atoms with Crippen LogP contribution >= 0.6 is 12.2 Å². The van der Waals surface area contributed by atoms with Crippen molar-refractivity contribution in [1.82, 2.24) is 10.9 Å². The molecule has 0 unspecified atom stereocenters. The smallest absolute Gasteiger partial charge is 0.269 e. The van der Waals surface area contributed by atoms with Crippen LogP contribution in [0.25, 0.3) is 0 Å². The molecule has 0 saturated carbocycles. The summed E-state index contributed by atoms with van der Waals surface area (Å²) in [4.78, 5) is 12.2. The number of hydrazine groups is 1. The number of anilines is 1. The predicted octanol–water partition coefficient (Wildman–Crippen LogP) is 2.66. The van der Waals surface area contributed by atoms with Crippen LogP contribution in [0, 0.1) is 13.8 Å². The molecule has 0 spiro atoms. The quantitative estimate of drug-likeness (QED) is 0.575. The average molecular weight is 343 g/mol. The van der Waals surface area contributed by atoms with Gasteiger partial charge >= 0.3 is 0 Å². The van der Waals surface area contributed by atoms with Gasteiger partial charge in [-0.2, -0.15) is 0 Å². The molecule has 0 saturated heterocycles. The molecule has 7 heteroatoms. The average Bonchev–Trinajstić information content (AvgIpc) is 3.04. The molecule has 0 aliphatic carbocycles. The van der Waals surface area contributed by atoms with Crippen molar-refractivity contribution >= 4 is 28.9 Å². The van der Waals surface area contributed by atoms with Gasteiger partial charge in [0, 0.05) is 11.3 Å². The number of thiocarbonyl (C=S) groups is 1. The van der Waals surface area contributed by atoms with Crippen LogP contribution in [0.1, 0.15) is 21.5 Å². The van der Waals surface area contributed by atoms with E-state index < -0.39 is 0 Å². The summed E-state index contributed by atoms with van der Waals surface area (Å²) in [5.41, 5.74) is 8.85. The first-order chi connectivity index (χ1) is 11.5. The van der Waals surface area contributed by atoms with Gasteiger partial charge in [0.25, 0.3) is 5.91 Å². The van der Waals surface area contributed by atoms with Crippen LogP contribution in [0.15, 0.2) is 36.4 Å². The number of carbonyl (C=O) groups is 1. The van der Waals surface area contributed by atoms with E-state index in [2.05, 4.69) is 16.2 Å². The number of fused-ring (bicyclic) bond motifs is 1. The van der Waals surface area contributed by atoms with E-state index in [1.807, 2.05) is 32.0 Å². The summed E-state index contributed by atoms with van der Waals surface area (Å²) in [7, 11) is 0.